The van der Waals surface area contributed by atoms with Crippen molar-refractivity contribution in [2.75, 3.05) is 5.32 Å². The molecule has 7 nitrogen and oxygen atoms in total. The fraction of sp³-hybridized carbons (Fsp3) is 0.200. The number of urea groups is 1. The van der Waals surface area contributed by atoms with Crippen LogP contribution in [0.2, 0.25) is 0 Å². The second-order valence-electron chi connectivity index (χ2n) is 8.03. The number of amides is 3. The summed E-state index contributed by atoms with van der Waals surface area (Å²) in [6, 6.07) is 18.7. The van der Waals surface area contributed by atoms with E-state index in [2.05, 4.69) is 25.8 Å². The Hall–Kier alpha value is -4.00. The first-order chi connectivity index (χ1) is 15.6. The van der Waals surface area contributed by atoms with Crippen molar-refractivity contribution in [1.29, 1.82) is 0 Å². The Balaban J connectivity index is 1.52. The van der Waals surface area contributed by atoms with Gasteiger partial charge in [-0.15, -0.1) is 0 Å². The van der Waals surface area contributed by atoms with E-state index in [1.807, 2.05) is 67.6 Å². The van der Waals surface area contributed by atoms with Crippen LogP contribution in [-0.2, 0) is 4.79 Å². The van der Waals surface area contributed by atoms with Crippen LogP contribution in [0.15, 0.2) is 71.9 Å². The Kier molecular flexibility index (Phi) is 5.15. The van der Waals surface area contributed by atoms with E-state index in [-0.39, 0.29) is 5.91 Å². The van der Waals surface area contributed by atoms with Gasteiger partial charge >= 0.3 is 6.03 Å². The van der Waals surface area contributed by atoms with Crippen molar-refractivity contribution < 1.29 is 9.59 Å². The number of nitrogens with zero attached hydrogens (tertiary/aromatic N) is 2. The van der Waals surface area contributed by atoms with Gasteiger partial charge in [0.2, 0.25) is 5.91 Å². The minimum atomic E-state index is -0.603. The number of hydrogen-bond acceptors (Lipinski definition) is 3. The number of aliphatic imine (C=N–C) groups is 1. The monoisotopic (exact) mass is 425 g/mol. The fourth-order valence-corrected chi connectivity index (χ4v) is 4.33. The molecule has 7 heteroatoms. The van der Waals surface area contributed by atoms with Crippen LogP contribution in [0.3, 0.4) is 0 Å². The Morgan fingerprint density at radius 2 is 1.88 bits per heavy atom. The summed E-state index contributed by atoms with van der Waals surface area (Å²) in [6.45, 7) is 2.02. The third-order valence-electron chi connectivity index (χ3n) is 5.85. The largest absolute Gasteiger partial charge is 0.341 e. The zero-order valence-corrected chi connectivity index (χ0v) is 17.6. The van der Waals surface area contributed by atoms with E-state index in [1.165, 1.54) is 0 Å². The minimum Gasteiger partial charge on any atom is -0.328 e. The molecule has 0 saturated heterocycles. The third kappa shape index (κ3) is 3.73. The lowest BCUT2D eigenvalue weighted by Gasteiger charge is -2.31. The maximum absolute atomic E-state index is 13.5. The number of nitrogens with one attached hydrogen (secondary N) is 3. The number of benzene rings is 3. The molecule has 1 aliphatic rings. The van der Waals surface area contributed by atoms with Gasteiger partial charge in [0, 0.05) is 16.8 Å². The normalized spacial score (nSPS) is 18.4. The SMILES string of the molecule is CCCC1=NC(=O)NC(c2ccc3ccccc3c2)C1C(=O)Nc1ccc2[nH]ncc2c1. The van der Waals surface area contributed by atoms with Gasteiger partial charge in [-0.1, -0.05) is 49.7 Å². The molecule has 0 saturated carbocycles. The molecular weight excluding hydrogens is 402 g/mol. The Morgan fingerprint density at radius 3 is 2.72 bits per heavy atom. The van der Waals surface area contributed by atoms with Crippen molar-refractivity contribution in [1.82, 2.24) is 15.5 Å². The Bertz CT molecular complexity index is 1360. The van der Waals surface area contributed by atoms with E-state index in [0.29, 0.717) is 17.8 Å². The van der Waals surface area contributed by atoms with E-state index in [1.54, 1.807) is 6.20 Å². The van der Waals surface area contributed by atoms with E-state index in [4.69, 9.17) is 0 Å². The Labute approximate surface area is 184 Å². The van der Waals surface area contributed by atoms with Gasteiger partial charge in [0.15, 0.2) is 0 Å². The molecule has 4 aromatic rings. The highest BCUT2D eigenvalue weighted by molar-refractivity contribution is 6.14. The zero-order valence-electron chi connectivity index (χ0n) is 17.6. The predicted molar refractivity (Wildman–Crippen MR) is 126 cm³/mol. The summed E-state index contributed by atoms with van der Waals surface area (Å²) in [7, 11) is 0. The summed E-state index contributed by atoms with van der Waals surface area (Å²) in [5, 5.41) is 16.0. The van der Waals surface area contributed by atoms with E-state index < -0.39 is 18.0 Å². The average Bonchev–Trinajstić information content (AvgIpc) is 3.26. The molecule has 3 N–H and O–H groups in total. The Morgan fingerprint density at radius 1 is 1.03 bits per heavy atom. The molecule has 2 heterocycles. The van der Waals surface area contributed by atoms with Gasteiger partial charge in [-0.2, -0.15) is 5.10 Å². The van der Waals surface area contributed by atoms with Crippen molar-refractivity contribution in [2.45, 2.75) is 25.8 Å². The van der Waals surface area contributed by atoms with Gasteiger partial charge in [-0.25, -0.2) is 9.79 Å². The van der Waals surface area contributed by atoms with E-state index in [0.717, 1.165) is 33.7 Å². The van der Waals surface area contributed by atoms with Crippen LogP contribution in [0.25, 0.3) is 21.7 Å². The summed E-state index contributed by atoms with van der Waals surface area (Å²) >= 11 is 0. The molecule has 32 heavy (non-hydrogen) atoms. The van der Waals surface area contributed by atoms with E-state index in [9.17, 15) is 9.59 Å². The average molecular weight is 425 g/mol. The molecule has 1 aliphatic heterocycles. The van der Waals surface area contributed by atoms with Crippen LogP contribution in [-0.4, -0.2) is 27.8 Å². The number of hydrogen-bond donors (Lipinski definition) is 3. The summed E-state index contributed by atoms with van der Waals surface area (Å²) in [5.41, 5.74) is 3.06. The number of H-pyrrole nitrogens is 1. The summed E-state index contributed by atoms with van der Waals surface area (Å²) in [5.74, 6) is -0.799. The number of carbonyl (C=O) groups excluding carboxylic acids is 2. The van der Waals surface area contributed by atoms with Gasteiger partial charge in [0.1, 0.15) is 5.92 Å². The van der Waals surface area contributed by atoms with Crippen LogP contribution in [0.4, 0.5) is 10.5 Å². The van der Waals surface area contributed by atoms with E-state index >= 15 is 0 Å². The van der Waals surface area contributed by atoms with Gasteiger partial charge in [0.05, 0.1) is 17.8 Å². The number of rotatable bonds is 5. The molecule has 3 aromatic carbocycles. The van der Waals surface area contributed by atoms with Crippen molar-refractivity contribution >= 4 is 45.0 Å². The number of aromatic nitrogens is 2. The van der Waals surface area contributed by atoms with Crippen LogP contribution in [0, 0.1) is 5.92 Å². The number of aromatic amines is 1. The molecule has 3 amide bonds. The van der Waals surface area contributed by atoms with Crippen molar-refractivity contribution in [2.24, 2.45) is 10.9 Å². The molecule has 0 fully saturated rings. The quantitative estimate of drug-likeness (QED) is 0.421. The van der Waals surface area contributed by atoms with Crippen molar-refractivity contribution in [3.8, 4) is 0 Å². The van der Waals surface area contributed by atoms with Gasteiger partial charge < -0.3 is 10.6 Å². The highest BCUT2D eigenvalue weighted by Crippen LogP contribution is 2.32. The van der Waals surface area contributed by atoms with Gasteiger partial charge in [-0.3, -0.25) is 9.89 Å². The molecule has 160 valence electrons. The molecule has 0 aliphatic carbocycles. The van der Waals surface area contributed by atoms with Gasteiger partial charge in [0.25, 0.3) is 0 Å². The van der Waals surface area contributed by atoms with Crippen LogP contribution in [0.1, 0.15) is 31.4 Å². The first kappa shape index (κ1) is 19.9. The highest BCUT2D eigenvalue weighted by atomic mass is 16.2. The maximum atomic E-state index is 13.5. The lowest BCUT2D eigenvalue weighted by Crippen LogP contribution is -2.46. The third-order valence-corrected chi connectivity index (χ3v) is 5.85. The predicted octanol–water partition coefficient (Wildman–Crippen LogP) is 4.98. The lowest BCUT2D eigenvalue weighted by atomic mass is 9.84. The molecule has 2 atom stereocenters. The van der Waals surface area contributed by atoms with Gasteiger partial charge in [-0.05, 0) is 47.0 Å². The number of carbonyl (C=O) groups is 2. The lowest BCUT2D eigenvalue weighted by molar-refractivity contribution is -0.118. The zero-order chi connectivity index (χ0) is 22.1. The van der Waals surface area contributed by atoms with Crippen LogP contribution < -0.4 is 10.6 Å². The smallest absolute Gasteiger partial charge is 0.328 e. The summed E-state index contributed by atoms with van der Waals surface area (Å²) in [6.07, 6.45) is 3.09. The topological polar surface area (TPSA) is 99.2 Å². The fourth-order valence-electron chi connectivity index (χ4n) is 4.33. The molecule has 0 spiro atoms. The van der Waals surface area contributed by atoms with Crippen molar-refractivity contribution in [3.05, 3.63) is 72.4 Å². The van der Waals surface area contributed by atoms with Crippen LogP contribution in [0.5, 0.6) is 0 Å². The molecular formula is C25H23N5O2. The second kappa shape index (κ2) is 8.26. The minimum absolute atomic E-state index is 0.196. The maximum Gasteiger partial charge on any atom is 0.341 e. The van der Waals surface area contributed by atoms with Crippen LogP contribution >= 0.6 is 0 Å². The highest BCUT2D eigenvalue weighted by Gasteiger charge is 2.38. The second-order valence-corrected chi connectivity index (χ2v) is 8.03. The first-order valence-electron chi connectivity index (χ1n) is 10.7. The molecule has 2 unspecified atom stereocenters. The molecule has 0 radical (unpaired) electrons. The molecule has 1 aromatic heterocycles. The number of fused-ring (bicyclic) bond motifs is 2. The molecule has 5 rings (SSSR count). The first-order valence-corrected chi connectivity index (χ1v) is 10.7. The summed E-state index contributed by atoms with van der Waals surface area (Å²) in [4.78, 5) is 30.1. The molecule has 0 bridgehead atoms. The van der Waals surface area contributed by atoms with Crippen molar-refractivity contribution in [3.63, 3.8) is 0 Å². The summed E-state index contributed by atoms with van der Waals surface area (Å²) < 4.78 is 0. The standard InChI is InChI=1S/C25H23N5O2/c1-2-5-21-22(24(31)27-19-10-11-20-18(13-19)14-26-30-20)23(29-25(32)28-21)17-9-8-15-6-3-4-7-16(15)12-17/h3-4,6-14,22-23H,2,5H2,1H3,(H,26,30)(H,27,31)(H,29,32). The number of anilines is 1.